The van der Waals surface area contributed by atoms with Gasteiger partial charge in [0.25, 0.3) is 0 Å². The minimum absolute atomic E-state index is 0.0432. The first-order valence-corrected chi connectivity index (χ1v) is 8.12. The second-order valence-corrected chi connectivity index (χ2v) is 6.19. The van der Waals surface area contributed by atoms with Crippen molar-refractivity contribution in [3.63, 3.8) is 0 Å². The van der Waals surface area contributed by atoms with Gasteiger partial charge in [-0.2, -0.15) is 0 Å². The summed E-state index contributed by atoms with van der Waals surface area (Å²) in [6.45, 7) is 1.65. The molecule has 3 rings (SSSR count). The fourth-order valence-corrected chi connectivity index (χ4v) is 3.37. The zero-order valence-electron chi connectivity index (χ0n) is 13.9. The second-order valence-electron chi connectivity index (χ2n) is 6.19. The lowest BCUT2D eigenvalue weighted by atomic mass is 9.95. The summed E-state index contributed by atoms with van der Waals surface area (Å²) in [4.78, 5) is 15.9. The molecular weight excluding hydrogens is 308 g/mol. The zero-order chi connectivity index (χ0) is 17.3. The van der Waals surface area contributed by atoms with E-state index < -0.39 is 5.97 Å². The second kappa shape index (κ2) is 6.65. The molecule has 0 amide bonds. The fraction of sp³-hybridized carbons (Fsp3) is 0.444. The lowest BCUT2D eigenvalue weighted by Gasteiger charge is -2.28. The highest BCUT2D eigenvalue weighted by molar-refractivity contribution is 6.06. The van der Waals surface area contributed by atoms with Gasteiger partial charge in [0.2, 0.25) is 0 Å². The van der Waals surface area contributed by atoms with Crippen molar-refractivity contribution in [3.05, 3.63) is 29.5 Å². The van der Waals surface area contributed by atoms with Crippen LogP contribution in [-0.2, 0) is 4.74 Å². The summed E-state index contributed by atoms with van der Waals surface area (Å²) in [6.07, 6.45) is 4.10. The highest BCUT2D eigenvalue weighted by Gasteiger charge is 2.24. The molecule has 0 spiro atoms. The van der Waals surface area contributed by atoms with Crippen molar-refractivity contribution in [1.29, 1.82) is 0 Å². The molecular formula is C18H22N2O4. The summed E-state index contributed by atoms with van der Waals surface area (Å²) in [5.74, 6) is -0.476. The number of methoxy groups -OCH3 is 1. The number of hydrogen-bond acceptors (Lipinski definition) is 5. The van der Waals surface area contributed by atoms with Gasteiger partial charge in [0, 0.05) is 7.11 Å². The van der Waals surface area contributed by atoms with E-state index in [0.717, 1.165) is 25.7 Å². The van der Waals surface area contributed by atoms with E-state index in [2.05, 4.69) is 4.98 Å². The van der Waals surface area contributed by atoms with Gasteiger partial charge in [-0.1, -0.05) is 6.07 Å². The smallest absolute Gasteiger partial charge is 0.339 e. The van der Waals surface area contributed by atoms with Crippen LogP contribution in [0.3, 0.4) is 0 Å². The van der Waals surface area contributed by atoms with Gasteiger partial charge in [-0.15, -0.1) is 0 Å². The summed E-state index contributed by atoms with van der Waals surface area (Å²) < 4.78 is 11.5. The maximum absolute atomic E-state index is 11.5. The molecule has 1 aromatic carbocycles. The van der Waals surface area contributed by atoms with Crippen LogP contribution in [0, 0.1) is 6.92 Å². The van der Waals surface area contributed by atoms with E-state index in [0.29, 0.717) is 28.5 Å². The van der Waals surface area contributed by atoms with E-state index in [1.54, 1.807) is 14.0 Å². The number of carbonyl (C=O) groups is 1. The topological polar surface area (TPSA) is 94.7 Å². The summed E-state index contributed by atoms with van der Waals surface area (Å²) in [5, 5.41) is 9.98. The van der Waals surface area contributed by atoms with Crippen LogP contribution in [0.2, 0.25) is 0 Å². The van der Waals surface area contributed by atoms with Crippen LogP contribution in [-0.4, -0.2) is 35.4 Å². The SMILES string of the molecule is CO[C@H]1CC[C@H](Oc2cccc3nc(C)c(C(=O)O)c(N)c23)CC1. The molecule has 0 bridgehead atoms. The van der Waals surface area contributed by atoms with Crippen molar-refractivity contribution >= 4 is 22.6 Å². The number of rotatable bonds is 4. The van der Waals surface area contributed by atoms with Crippen LogP contribution in [0.5, 0.6) is 5.75 Å². The van der Waals surface area contributed by atoms with Crippen molar-refractivity contribution in [3.8, 4) is 5.75 Å². The highest BCUT2D eigenvalue weighted by Crippen LogP contribution is 2.35. The molecule has 1 fully saturated rings. The first-order valence-electron chi connectivity index (χ1n) is 8.12. The predicted molar refractivity (Wildman–Crippen MR) is 91.5 cm³/mol. The van der Waals surface area contributed by atoms with Crippen molar-refractivity contribution in [2.45, 2.75) is 44.8 Å². The number of nitrogens with two attached hydrogens (primary N) is 1. The predicted octanol–water partition coefficient (Wildman–Crippen LogP) is 3.16. The number of nitrogens with zero attached hydrogens (tertiary/aromatic N) is 1. The van der Waals surface area contributed by atoms with Gasteiger partial charge in [-0.05, 0) is 44.7 Å². The molecule has 0 atom stereocenters. The molecule has 1 aliphatic rings. The Bertz CT molecular complexity index is 767. The number of carboxylic acid groups (broad SMARTS) is 1. The Balaban J connectivity index is 1.97. The first-order chi connectivity index (χ1) is 11.5. The Morgan fingerprint density at radius 3 is 2.54 bits per heavy atom. The van der Waals surface area contributed by atoms with Crippen LogP contribution < -0.4 is 10.5 Å². The maximum atomic E-state index is 11.5. The van der Waals surface area contributed by atoms with Crippen LogP contribution in [0.25, 0.3) is 10.9 Å². The maximum Gasteiger partial charge on any atom is 0.339 e. The van der Waals surface area contributed by atoms with Gasteiger partial charge < -0.3 is 20.3 Å². The van der Waals surface area contributed by atoms with Crippen molar-refractivity contribution in [1.82, 2.24) is 4.98 Å². The lowest BCUT2D eigenvalue weighted by molar-refractivity contribution is 0.0332. The number of nitrogen functional groups attached to an aromatic ring is 1. The van der Waals surface area contributed by atoms with Gasteiger partial charge in [-0.3, -0.25) is 4.98 Å². The molecule has 24 heavy (non-hydrogen) atoms. The molecule has 128 valence electrons. The minimum Gasteiger partial charge on any atom is -0.490 e. The molecule has 3 N–H and O–H groups in total. The van der Waals surface area contributed by atoms with Crippen molar-refractivity contribution in [2.75, 3.05) is 12.8 Å². The summed E-state index contributed by atoms with van der Waals surface area (Å²) in [6, 6.07) is 5.49. The number of carboxylic acids is 1. The van der Waals surface area contributed by atoms with Gasteiger partial charge in [0.15, 0.2) is 0 Å². The Kier molecular flexibility index (Phi) is 4.57. The molecule has 1 heterocycles. The molecule has 0 radical (unpaired) electrons. The van der Waals surface area contributed by atoms with E-state index in [9.17, 15) is 9.90 Å². The number of pyridine rings is 1. The molecule has 0 saturated heterocycles. The van der Waals surface area contributed by atoms with E-state index >= 15 is 0 Å². The number of hydrogen-bond donors (Lipinski definition) is 2. The van der Waals surface area contributed by atoms with Gasteiger partial charge in [-0.25, -0.2) is 4.79 Å². The number of aryl methyl sites for hydroxylation is 1. The van der Waals surface area contributed by atoms with Gasteiger partial charge in [0.1, 0.15) is 11.3 Å². The summed E-state index contributed by atoms with van der Waals surface area (Å²) in [5.41, 5.74) is 7.47. The Morgan fingerprint density at radius 1 is 1.25 bits per heavy atom. The molecule has 6 heteroatoms. The average molecular weight is 330 g/mol. The number of anilines is 1. The number of ether oxygens (including phenoxy) is 2. The van der Waals surface area contributed by atoms with Crippen LogP contribution in [0.1, 0.15) is 41.7 Å². The fourth-order valence-electron chi connectivity index (χ4n) is 3.37. The highest BCUT2D eigenvalue weighted by atomic mass is 16.5. The first kappa shape index (κ1) is 16.5. The molecule has 1 aliphatic carbocycles. The van der Waals surface area contributed by atoms with E-state index in [-0.39, 0.29) is 17.4 Å². The van der Waals surface area contributed by atoms with Gasteiger partial charge >= 0.3 is 5.97 Å². The molecule has 0 unspecified atom stereocenters. The quantitative estimate of drug-likeness (QED) is 0.894. The number of aromatic nitrogens is 1. The third-order valence-corrected chi connectivity index (χ3v) is 4.65. The van der Waals surface area contributed by atoms with Crippen LogP contribution >= 0.6 is 0 Å². The monoisotopic (exact) mass is 330 g/mol. The molecule has 0 aliphatic heterocycles. The van der Waals surface area contributed by atoms with Crippen LogP contribution in [0.15, 0.2) is 18.2 Å². The minimum atomic E-state index is -1.07. The summed E-state index contributed by atoms with van der Waals surface area (Å²) in [7, 11) is 1.73. The molecule has 1 saturated carbocycles. The number of benzene rings is 1. The standard InChI is InChI=1S/C18H22N2O4/c1-10-15(18(21)22)17(19)16-13(20-10)4-3-5-14(16)24-12-8-6-11(23-2)7-9-12/h3-5,11-12H,6-9H2,1-2H3,(H2,19,20)(H,21,22)/t11-,12-. The van der Waals surface area contributed by atoms with E-state index in [1.807, 2.05) is 18.2 Å². The third kappa shape index (κ3) is 3.01. The van der Waals surface area contributed by atoms with Crippen molar-refractivity contribution in [2.24, 2.45) is 0 Å². The largest absolute Gasteiger partial charge is 0.490 e. The zero-order valence-corrected chi connectivity index (χ0v) is 13.9. The van der Waals surface area contributed by atoms with Crippen LogP contribution in [0.4, 0.5) is 5.69 Å². The molecule has 6 nitrogen and oxygen atoms in total. The number of aromatic carboxylic acids is 1. The number of fused-ring (bicyclic) bond motifs is 1. The average Bonchev–Trinajstić information content (AvgIpc) is 2.55. The lowest BCUT2D eigenvalue weighted by Crippen LogP contribution is -2.27. The van der Waals surface area contributed by atoms with E-state index in [4.69, 9.17) is 15.2 Å². The molecule has 1 aromatic heterocycles. The Labute approximate surface area is 140 Å². The normalized spacial score (nSPS) is 20.9. The Morgan fingerprint density at radius 2 is 1.92 bits per heavy atom. The molecule has 2 aromatic rings. The Hall–Kier alpha value is -2.34. The third-order valence-electron chi connectivity index (χ3n) is 4.65. The van der Waals surface area contributed by atoms with Gasteiger partial charge in [0.05, 0.1) is 34.5 Å². The summed E-state index contributed by atoms with van der Waals surface area (Å²) >= 11 is 0. The van der Waals surface area contributed by atoms with Crippen molar-refractivity contribution < 1.29 is 19.4 Å². The van der Waals surface area contributed by atoms with E-state index in [1.165, 1.54) is 0 Å².